The van der Waals surface area contributed by atoms with Crippen molar-refractivity contribution in [3.05, 3.63) is 52.5 Å². The molecule has 1 aliphatic heterocycles. The van der Waals surface area contributed by atoms with Crippen molar-refractivity contribution in [3.63, 3.8) is 0 Å². The molecule has 0 amide bonds. The van der Waals surface area contributed by atoms with Crippen LogP contribution in [0.5, 0.6) is 0 Å². The standard InChI is InChI=1S/C20H21Cl2N5/c1-14-12-19(25-20(22)24-14)27-9-3-2-8-26(10-11-27)18-6-7-23-17-13-15(21)4-5-16(17)18/h4-7,12-13H,2-3,8-11H2,1H3. The fraction of sp³-hybridized carbons (Fsp3) is 0.350. The van der Waals surface area contributed by atoms with Crippen molar-refractivity contribution < 1.29 is 0 Å². The molecule has 0 atom stereocenters. The summed E-state index contributed by atoms with van der Waals surface area (Å²) in [6, 6.07) is 10.00. The van der Waals surface area contributed by atoms with Crippen LogP contribution in [0, 0.1) is 6.92 Å². The maximum atomic E-state index is 6.13. The zero-order valence-corrected chi connectivity index (χ0v) is 16.7. The maximum absolute atomic E-state index is 6.13. The van der Waals surface area contributed by atoms with Crippen LogP contribution in [0.4, 0.5) is 11.5 Å². The number of aryl methyl sites for hydroxylation is 1. The van der Waals surface area contributed by atoms with Gasteiger partial charge in [-0.2, -0.15) is 0 Å². The van der Waals surface area contributed by atoms with Crippen molar-refractivity contribution in [2.45, 2.75) is 19.8 Å². The molecular formula is C20H21Cl2N5. The van der Waals surface area contributed by atoms with Gasteiger partial charge in [0.05, 0.1) is 5.52 Å². The van der Waals surface area contributed by atoms with E-state index in [1.807, 2.05) is 31.3 Å². The van der Waals surface area contributed by atoms with Crippen molar-refractivity contribution in [1.29, 1.82) is 0 Å². The van der Waals surface area contributed by atoms with Crippen molar-refractivity contribution >= 4 is 45.6 Å². The fourth-order valence-corrected chi connectivity index (χ4v) is 3.99. The number of aromatic nitrogens is 3. The van der Waals surface area contributed by atoms with Crippen LogP contribution in [-0.2, 0) is 0 Å². The van der Waals surface area contributed by atoms with Crippen LogP contribution < -0.4 is 9.80 Å². The third-order valence-electron chi connectivity index (χ3n) is 4.91. The lowest BCUT2D eigenvalue weighted by Crippen LogP contribution is -2.39. The quantitative estimate of drug-likeness (QED) is 0.579. The molecule has 1 fully saturated rings. The highest BCUT2D eigenvalue weighted by Gasteiger charge is 2.17. The summed E-state index contributed by atoms with van der Waals surface area (Å²) in [7, 11) is 0. The van der Waals surface area contributed by atoms with Gasteiger partial charge in [0.1, 0.15) is 5.82 Å². The van der Waals surface area contributed by atoms with E-state index in [4.69, 9.17) is 23.2 Å². The monoisotopic (exact) mass is 401 g/mol. The van der Waals surface area contributed by atoms with E-state index in [2.05, 4.69) is 36.9 Å². The number of pyridine rings is 1. The highest BCUT2D eigenvalue weighted by molar-refractivity contribution is 6.31. The molecule has 1 aromatic carbocycles. The molecule has 140 valence electrons. The predicted molar refractivity (Wildman–Crippen MR) is 112 cm³/mol. The van der Waals surface area contributed by atoms with Crippen LogP contribution in [0.15, 0.2) is 36.5 Å². The Morgan fingerprint density at radius 3 is 2.48 bits per heavy atom. The molecule has 0 aliphatic carbocycles. The largest absolute Gasteiger partial charge is 0.369 e. The first kappa shape index (κ1) is 18.3. The van der Waals surface area contributed by atoms with Crippen molar-refractivity contribution in [3.8, 4) is 0 Å². The summed E-state index contributed by atoms with van der Waals surface area (Å²) < 4.78 is 0. The summed E-state index contributed by atoms with van der Waals surface area (Å²) in [5.74, 6) is 0.903. The first-order valence-corrected chi connectivity index (χ1v) is 9.91. The van der Waals surface area contributed by atoms with Gasteiger partial charge in [0, 0.05) is 60.2 Å². The van der Waals surface area contributed by atoms with Gasteiger partial charge in [0.15, 0.2) is 0 Å². The van der Waals surface area contributed by atoms with E-state index in [1.165, 1.54) is 5.69 Å². The lowest BCUT2D eigenvalue weighted by atomic mass is 10.1. The third kappa shape index (κ3) is 4.09. The van der Waals surface area contributed by atoms with Crippen LogP contribution >= 0.6 is 23.2 Å². The second-order valence-corrected chi connectivity index (χ2v) is 7.58. The number of fused-ring (bicyclic) bond motifs is 1. The summed E-state index contributed by atoms with van der Waals surface area (Å²) in [6.45, 7) is 5.74. The van der Waals surface area contributed by atoms with E-state index in [1.54, 1.807) is 0 Å². The average molecular weight is 402 g/mol. The first-order chi connectivity index (χ1) is 13.1. The van der Waals surface area contributed by atoms with Gasteiger partial charge in [0.25, 0.3) is 0 Å². The second-order valence-electron chi connectivity index (χ2n) is 6.81. The molecule has 0 N–H and O–H groups in total. The maximum Gasteiger partial charge on any atom is 0.224 e. The molecule has 4 rings (SSSR count). The van der Waals surface area contributed by atoms with E-state index in [-0.39, 0.29) is 0 Å². The normalized spacial score (nSPS) is 15.7. The van der Waals surface area contributed by atoms with Crippen LogP contribution in [0.1, 0.15) is 18.5 Å². The second kappa shape index (κ2) is 7.87. The van der Waals surface area contributed by atoms with Gasteiger partial charge < -0.3 is 9.80 Å². The molecule has 3 aromatic rings. The van der Waals surface area contributed by atoms with Crippen LogP contribution in [0.2, 0.25) is 10.3 Å². The Morgan fingerprint density at radius 1 is 0.889 bits per heavy atom. The molecule has 27 heavy (non-hydrogen) atoms. The topological polar surface area (TPSA) is 45.2 Å². The van der Waals surface area contributed by atoms with Gasteiger partial charge in [0.2, 0.25) is 5.28 Å². The Balaban J connectivity index is 1.60. The molecule has 0 unspecified atom stereocenters. The van der Waals surface area contributed by atoms with Gasteiger partial charge in [-0.3, -0.25) is 4.98 Å². The number of halogens is 2. The summed E-state index contributed by atoms with van der Waals surface area (Å²) >= 11 is 12.2. The summed E-state index contributed by atoms with van der Waals surface area (Å²) in [5.41, 5.74) is 3.02. The minimum atomic E-state index is 0.306. The lowest BCUT2D eigenvalue weighted by Gasteiger charge is -2.33. The van der Waals surface area contributed by atoms with Gasteiger partial charge in [-0.05, 0) is 55.6 Å². The number of rotatable bonds is 2. The molecule has 1 saturated heterocycles. The Morgan fingerprint density at radius 2 is 1.67 bits per heavy atom. The Hall–Kier alpha value is -2.11. The van der Waals surface area contributed by atoms with Crippen molar-refractivity contribution in [2.75, 3.05) is 36.0 Å². The van der Waals surface area contributed by atoms with Crippen LogP contribution in [0.25, 0.3) is 10.9 Å². The molecule has 3 heterocycles. The first-order valence-electron chi connectivity index (χ1n) is 9.15. The molecule has 5 nitrogen and oxygen atoms in total. The number of benzene rings is 1. The minimum Gasteiger partial charge on any atom is -0.369 e. The van der Waals surface area contributed by atoms with Gasteiger partial charge >= 0.3 is 0 Å². The van der Waals surface area contributed by atoms with Gasteiger partial charge in [-0.1, -0.05) is 11.6 Å². The highest BCUT2D eigenvalue weighted by Crippen LogP contribution is 2.28. The summed E-state index contributed by atoms with van der Waals surface area (Å²) in [6.07, 6.45) is 4.08. The van der Waals surface area contributed by atoms with E-state index < -0.39 is 0 Å². The molecule has 1 aliphatic rings. The zero-order valence-electron chi connectivity index (χ0n) is 15.2. The summed E-state index contributed by atoms with van der Waals surface area (Å²) in [4.78, 5) is 17.8. The van der Waals surface area contributed by atoms with Crippen LogP contribution in [0.3, 0.4) is 0 Å². The number of nitrogens with zero attached hydrogens (tertiary/aromatic N) is 5. The number of hydrogen-bond acceptors (Lipinski definition) is 5. The van der Waals surface area contributed by atoms with Crippen LogP contribution in [-0.4, -0.2) is 41.1 Å². The van der Waals surface area contributed by atoms with Crippen molar-refractivity contribution in [1.82, 2.24) is 15.0 Å². The molecule has 2 aromatic heterocycles. The number of anilines is 2. The fourth-order valence-electron chi connectivity index (χ4n) is 3.60. The third-order valence-corrected chi connectivity index (χ3v) is 5.31. The summed E-state index contributed by atoms with van der Waals surface area (Å²) in [5, 5.41) is 2.15. The SMILES string of the molecule is Cc1cc(N2CCCCN(c3ccnc4cc(Cl)ccc34)CC2)nc(Cl)n1. The molecule has 0 saturated carbocycles. The minimum absolute atomic E-state index is 0.306. The smallest absolute Gasteiger partial charge is 0.224 e. The van der Waals surface area contributed by atoms with Gasteiger partial charge in [-0.15, -0.1) is 0 Å². The Kier molecular flexibility index (Phi) is 5.32. The van der Waals surface area contributed by atoms with E-state index in [9.17, 15) is 0 Å². The van der Waals surface area contributed by atoms with E-state index in [0.717, 1.165) is 61.4 Å². The van der Waals surface area contributed by atoms with Crippen molar-refractivity contribution in [2.24, 2.45) is 0 Å². The Bertz CT molecular complexity index is 942. The molecule has 0 bridgehead atoms. The molecule has 0 radical (unpaired) electrons. The molecule has 0 spiro atoms. The Labute approximate surface area is 169 Å². The predicted octanol–water partition coefficient (Wildman–Crippen LogP) is 4.75. The highest BCUT2D eigenvalue weighted by atomic mass is 35.5. The molecule has 7 heteroatoms. The van der Waals surface area contributed by atoms with Gasteiger partial charge in [-0.25, -0.2) is 9.97 Å². The van der Waals surface area contributed by atoms with E-state index in [0.29, 0.717) is 10.3 Å². The number of hydrogen-bond donors (Lipinski definition) is 0. The molecular weight excluding hydrogens is 381 g/mol. The van der Waals surface area contributed by atoms with E-state index >= 15 is 0 Å². The average Bonchev–Trinajstić information content (AvgIpc) is 2.60. The lowest BCUT2D eigenvalue weighted by molar-refractivity contribution is 0.611. The zero-order chi connectivity index (χ0) is 18.8.